The van der Waals surface area contributed by atoms with E-state index in [9.17, 15) is 8.42 Å². The number of aromatic nitrogens is 2. The standard InChI is InChI=1S/C31H31N3O2S2/c1-2-34-30(26-16-7-4-8-17-26)29(25-14-5-3-6-15-25)33-31(34)37-22-12-11-21-32-38(35,36)28-20-19-24-13-9-10-18-27(24)23-28/h3-10,13-20,23,32H,2,11-12,21-22H2,1H3. The van der Waals surface area contributed by atoms with E-state index < -0.39 is 10.0 Å². The molecule has 5 aromatic rings. The second-order valence-corrected chi connectivity index (χ2v) is 11.9. The number of hydrogen-bond donors (Lipinski definition) is 1. The average Bonchev–Trinajstić information content (AvgIpc) is 3.34. The molecule has 1 aromatic heterocycles. The summed E-state index contributed by atoms with van der Waals surface area (Å²) in [6.45, 7) is 3.37. The fraction of sp³-hybridized carbons (Fsp3) is 0.194. The van der Waals surface area contributed by atoms with Crippen LogP contribution in [-0.2, 0) is 16.6 Å². The summed E-state index contributed by atoms with van der Waals surface area (Å²) in [5, 5.41) is 2.93. The van der Waals surface area contributed by atoms with Crippen molar-refractivity contribution in [2.45, 2.75) is 36.4 Å². The van der Waals surface area contributed by atoms with E-state index in [1.807, 2.05) is 54.6 Å². The van der Waals surface area contributed by atoms with Crippen molar-refractivity contribution in [2.75, 3.05) is 12.3 Å². The number of nitrogens with one attached hydrogen (secondary N) is 1. The number of fused-ring (bicyclic) bond motifs is 1. The molecule has 0 spiro atoms. The van der Waals surface area contributed by atoms with Gasteiger partial charge in [0.2, 0.25) is 10.0 Å². The van der Waals surface area contributed by atoms with Gasteiger partial charge in [0.15, 0.2) is 5.16 Å². The van der Waals surface area contributed by atoms with Crippen molar-refractivity contribution in [2.24, 2.45) is 0 Å². The van der Waals surface area contributed by atoms with E-state index in [0.717, 1.165) is 63.6 Å². The number of nitrogens with zero attached hydrogens (tertiary/aromatic N) is 2. The Labute approximate surface area is 229 Å². The molecule has 7 heteroatoms. The van der Waals surface area contributed by atoms with E-state index in [2.05, 4.69) is 52.6 Å². The second-order valence-electron chi connectivity index (χ2n) is 9.03. The predicted octanol–water partition coefficient (Wildman–Crippen LogP) is 7.24. The number of sulfonamides is 1. The number of unbranched alkanes of at least 4 members (excludes halogenated alkanes) is 1. The Hall–Kier alpha value is -3.39. The summed E-state index contributed by atoms with van der Waals surface area (Å²) in [6.07, 6.45) is 1.63. The molecule has 5 nitrogen and oxygen atoms in total. The van der Waals surface area contributed by atoms with Gasteiger partial charge in [-0.25, -0.2) is 18.1 Å². The van der Waals surface area contributed by atoms with Crippen LogP contribution in [0, 0.1) is 0 Å². The predicted molar refractivity (Wildman–Crippen MR) is 158 cm³/mol. The van der Waals surface area contributed by atoms with Crippen molar-refractivity contribution in [3.63, 3.8) is 0 Å². The van der Waals surface area contributed by atoms with Crippen molar-refractivity contribution in [1.29, 1.82) is 0 Å². The third-order valence-corrected chi connectivity index (χ3v) is 8.99. The Morgan fingerprint density at radius 1 is 0.789 bits per heavy atom. The summed E-state index contributed by atoms with van der Waals surface area (Å²) in [5.41, 5.74) is 4.37. The van der Waals surface area contributed by atoms with Crippen LogP contribution < -0.4 is 4.72 Å². The SMILES string of the molecule is CCn1c(SCCCCNS(=O)(=O)c2ccc3ccccc3c2)nc(-c2ccccc2)c1-c1ccccc1. The van der Waals surface area contributed by atoms with Gasteiger partial charge in [0.05, 0.1) is 16.3 Å². The number of benzene rings is 4. The minimum Gasteiger partial charge on any atom is -0.319 e. The fourth-order valence-corrected chi connectivity index (χ4v) is 6.71. The van der Waals surface area contributed by atoms with Crippen molar-refractivity contribution < 1.29 is 8.42 Å². The lowest BCUT2D eigenvalue weighted by Crippen LogP contribution is -2.24. The van der Waals surface area contributed by atoms with Gasteiger partial charge in [0.1, 0.15) is 0 Å². The normalized spacial score (nSPS) is 11.7. The molecule has 0 fully saturated rings. The molecule has 0 aliphatic carbocycles. The van der Waals surface area contributed by atoms with Gasteiger partial charge in [-0.2, -0.15) is 0 Å². The molecule has 0 saturated heterocycles. The third-order valence-electron chi connectivity index (χ3n) is 6.47. The largest absolute Gasteiger partial charge is 0.319 e. The topological polar surface area (TPSA) is 64.0 Å². The maximum Gasteiger partial charge on any atom is 0.240 e. The highest BCUT2D eigenvalue weighted by atomic mass is 32.2. The number of rotatable bonds is 11. The van der Waals surface area contributed by atoms with Gasteiger partial charge >= 0.3 is 0 Å². The van der Waals surface area contributed by atoms with Gasteiger partial charge in [0, 0.05) is 30.0 Å². The summed E-state index contributed by atoms with van der Waals surface area (Å²) in [7, 11) is -3.54. The maximum absolute atomic E-state index is 12.8. The van der Waals surface area contributed by atoms with Crippen LogP contribution in [0.3, 0.4) is 0 Å². The minimum atomic E-state index is -3.54. The maximum atomic E-state index is 12.8. The van der Waals surface area contributed by atoms with Crippen molar-refractivity contribution >= 4 is 32.6 Å². The van der Waals surface area contributed by atoms with E-state index in [0.29, 0.717) is 11.4 Å². The molecule has 0 unspecified atom stereocenters. The Morgan fingerprint density at radius 2 is 1.45 bits per heavy atom. The highest BCUT2D eigenvalue weighted by Gasteiger charge is 2.19. The molecule has 0 aliphatic rings. The number of imidazole rings is 1. The van der Waals surface area contributed by atoms with Crippen LogP contribution in [0.15, 0.2) is 113 Å². The van der Waals surface area contributed by atoms with E-state index in [-0.39, 0.29) is 0 Å². The van der Waals surface area contributed by atoms with Gasteiger partial charge in [-0.15, -0.1) is 0 Å². The van der Waals surface area contributed by atoms with Crippen LogP contribution in [0.2, 0.25) is 0 Å². The molecular formula is C31H31N3O2S2. The molecule has 1 N–H and O–H groups in total. The lowest BCUT2D eigenvalue weighted by molar-refractivity contribution is 0.578. The molecule has 1 heterocycles. The second kappa shape index (κ2) is 12.0. The zero-order chi connectivity index (χ0) is 26.4. The lowest BCUT2D eigenvalue weighted by Gasteiger charge is -2.11. The molecule has 0 amide bonds. The zero-order valence-electron chi connectivity index (χ0n) is 21.4. The van der Waals surface area contributed by atoms with Crippen molar-refractivity contribution in [3.8, 4) is 22.5 Å². The van der Waals surface area contributed by atoms with E-state index in [1.54, 1.807) is 23.9 Å². The Morgan fingerprint density at radius 3 is 2.16 bits per heavy atom. The molecule has 5 rings (SSSR count). The van der Waals surface area contributed by atoms with E-state index in [1.165, 1.54) is 0 Å². The van der Waals surface area contributed by atoms with Crippen LogP contribution in [0.4, 0.5) is 0 Å². The minimum absolute atomic E-state index is 0.303. The summed E-state index contributed by atoms with van der Waals surface area (Å²) >= 11 is 1.73. The van der Waals surface area contributed by atoms with Crippen LogP contribution in [0.5, 0.6) is 0 Å². The first-order valence-electron chi connectivity index (χ1n) is 12.9. The van der Waals surface area contributed by atoms with Gasteiger partial charge in [-0.3, -0.25) is 0 Å². The molecule has 0 bridgehead atoms. The van der Waals surface area contributed by atoms with Gasteiger partial charge < -0.3 is 4.57 Å². The number of thioether (sulfide) groups is 1. The molecule has 0 radical (unpaired) electrons. The molecule has 0 saturated carbocycles. The molecule has 4 aromatic carbocycles. The highest BCUT2D eigenvalue weighted by Crippen LogP contribution is 2.36. The van der Waals surface area contributed by atoms with Crippen molar-refractivity contribution in [1.82, 2.24) is 14.3 Å². The van der Waals surface area contributed by atoms with Crippen LogP contribution >= 0.6 is 11.8 Å². The Kier molecular flexibility index (Phi) is 8.27. The van der Waals surface area contributed by atoms with Gasteiger partial charge in [-0.05, 0) is 42.7 Å². The van der Waals surface area contributed by atoms with E-state index >= 15 is 0 Å². The zero-order valence-corrected chi connectivity index (χ0v) is 23.0. The van der Waals surface area contributed by atoms with Crippen LogP contribution in [0.25, 0.3) is 33.3 Å². The first-order valence-corrected chi connectivity index (χ1v) is 15.4. The summed E-state index contributed by atoms with van der Waals surface area (Å²) in [4.78, 5) is 5.37. The van der Waals surface area contributed by atoms with Gasteiger partial charge in [-0.1, -0.05) is 103 Å². The smallest absolute Gasteiger partial charge is 0.240 e. The Bertz CT molecular complexity index is 1620. The Balaban J connectivity index is 1.23. The number of hydrogen-bond acceptors (Lipinski definition) is 4. The van der Waals surface area contributed by atoms with Crippen molar-refractivity contribution in [3.05, 3.63) is 103 Å². The third kappa shape index (κ3) is 5.85. The summed E-state index contributed by atoms with van der Waals surface area (Å²) in [6, 6.07) is 33.7. The summed E-state index contributed by atoms with van der Waals surface area (Å²) in [5.74, 6) is 0.858. The first kappa shape index (κ1) is 26.2. The molecule has 0 atom stereocenters. The molecule has 38 heavy (non-hydrogen) atoms. The van der Waals surface area contributed by atoms with E-state index in [4.69, 9.17) is 4.98 Å². The van der Waals surface area contributed by atoms with Crippen LogP contribution in [-0.4, -0.2) is 30.3 Å². The molecule has 0 aliphatic heterocycles. The van der Waals surface area contributed by atoms with Gasteiger partial charge in [0.25, 0.3) is 0 Å². The monoisotopic (exact) mass is 541 g/mol. The molecular weight excluding hydrogens is 510 g/mol. The highest BCUT2D eigenvalue weighted by molar-refractivity contribution is 7.99. The quantitative estimate of drug-likeness (QED) is 0.141. The first-order chi connectivity index (χ1) is 18.6. The fourth-order valence-electron chi connectivity index (χ4n) is 4.54. The molecule has 194 valence electrons. The summed E-state index contributed by atoms with van der Waals surface area (Å²) < 4.78 is 30.6. The lowest BCUT2D eigenvalue weighted by atomic mass is 10.0. The average molecular weight is 542 g/mol. The van der Waals surface area contributed by atoms with Crippen LogP contribution in [0.1, 0.15) is 19.8 Å².